The van der Waals surface area contributed by atoms with E-state index in [1.165, 1.54) is 16.9 Å². The van der Waals surface area contributed by atoms with E-state index in [0.717, 1.165) is 28.1 Å². The smallest absolute Gasteiger partial charge is 0.235 e. The molecule has 23 heavy (non-hydrogen) atoms. The number of hydrogen-bond donors (Lipinski definition) is 0. The van der Waals surface area contributed by atoms with Crippen LogP contribution in [0.3, 0.4) is 0 Å². The molecule has 0 aliphatic rings. The van der Waals surface area contributed by atoms with Gasteiger partial charge in [0.05, 0.1) is 12.8 Å². The first kappa shape index (κ1) is 14.1. The summed E-state index contributed by atoms with van der Waals surface area (Å²) in [5.74, 6) is 1.58. The van der Waals surface area contributed by atoms with E-state index in [-0.39, 0.29) is 0 Å². The molecule has 0 fully saturated rings. The Kier molecular flexibility index (Phi) is 3.64. The van der Waals surface area contributed by atoms with E-state index in [1.54, 1.807) is 10.8 Å². The van der Waals surface area contributed by atoms with E-state index in [1.807, 2.05) is 18.2 Å². The van der Waals surface area contributed by atoms with Crippen LogP contribution in [0, 0.1) is 0 Å². The zero-order chi connectivity index (χ0) is 15.6. The van der Waals surface area contributed by atoms with Gasteiger partial charge in [0, 0.05) is 6.54 Å². The van der Waals surface area contributed by atoms with Crippen molar-refractivity contribution in [2.24, 2.45) is 0 Å². The molecule has 0 bridgehead atoms. The lowest BCUT2D eigenvalue weighted by Gasteiger charge is -2.14. The van der Waals surface area contributed by atoms with E-state index in [2.05, 4.69) is 51.5 Å². The quantitative estimate of drug-likeness (QED) is 0.564. The Labute approximate surface area is 137 Å². The van der Waals surface area contributed by atoms with Crippen molar-refractivity contribution in [1.29, 1.82) is 0 Å². The third-order valence-electron chi connectivity index (χ3n) is 3.49. The normalized spacial score (nSPS) is 11.6. The minimum atomic E-state index is 0.678. The van der Waals surface area contributed by atoms with Gasteiger partial charge in [0.2, 0.25) is 4.96 Å². The van der Waals surface area contributed by atoms with Crippen LogP contribution in [-0.2, 0) is 13.1 Å². The highest BCUT2D eigenvalue weighted by Gasteiger charge is 2.15. The van der Waals surface area contributed by atoms with Crippen LogP contribution in [0.4, 0.5) is 0 Å². The second kappa shape index (κ2) is 5.94. The first-order valence-corrected chi connectivity index (χ1v) is 8.09. The molecule has 0 saturated carbocycles. The van der Waals surface area contributed by atoms with Crippen molar-refractivity contribution in [2.75, 3.05) is 7.05 Å². The third-order valence-corrected chi connectivity index (χ3v) is 4.41. The molecule has 0 aliphatic heterocycles. The number of benzene rings is 1. The molecule has 0 radical (unpaired) electrons. The minimum Gasteiger partial charge on any atom is -0.462 e. The summed E-state index contributed by atoms with van der Waals surface area (Å²) in [5.41, 5.74) is 1.27. The molecular weight excluding hydrogens is 310 g/mol. The van der Waals surface area contributed by atoms with Gasteiger partial charge in [-0.15, -0.1) is 15.3 Å². The van der Waals surface area contributed by atoms with Crippen LogP contribution in [0.25, 0.3) is 15.7 Å². The lowest BCUT2D eigenvalue weighted by Crippen LogP contribution is -2.19. The summed E-state index contributed by atoms with van der Waals surface area (Å²) < 4.78 is 7.19. The minimum absolute atomic E-state index is 0.678. The summed E-state index contributed by atoms with van der Waals surface area (Å²) in [4.78, 5) is 2.97. The molecule has 0 atom stereocenters. The van der Waals surface area contributed by atoms with Gasteiger partial charge in [-0.2, -0.15) is 4.52 Å². The summed E-state index contributed by atoms with van der Waals surface area (Å²) >= 11 is 1.47. The Bertz CT molecular complexity index is 897. The zero-order valence-electron chi connectivity index (χ0n) is 12.6. The molecule has 0 saturated heterocycles. The summed E-state index contributed by atoms with van der Waals surface area (Å²) in [6.07, 6.45) is 1.65. The van der Waals surface area contributed by atoms with Gasteiger partial charge >= 0.3 is 0 Å². The van der Waals surface area contributed by atoms with Gasteiger partial charge < -0.3 is 4.42 Å². The van der Waals surface area contributed by atoms with E-state index in [4.69, 9.17) is 4.42 Å². The molecule has 116 valence electrons. The largest absolute Gasteiger partial charge is 0.462 e. The molecular formula is C16H15N5OS. The molecule has 0 spiro atoms. The Morgan fingerprint density at radius 1 is 1.09 bits per heavy atom. The number of fused-ring (bicyclic) bond motifs is 1. The molecule has 3 heterocycles. The van der Waals surface area contributed by atoms with Gasteiger partial charge in [-0.3, -0.25) is 4.90 Å². The third kappa shape index (κ3) is 2.88. The van der Waals surface area contributed by atoms with Crippen molar-refractivity contribution in [3.8, 4) is 10.8 Å². The van der Waals surface area contributed by atoms with Crippen LogP contribution >= 0.6 is 11.3 Å². The number of hydrogen-bond acceptors (Lipinski definition) is 6. The second-order valence-electron chi connectivity index (χ2n) is 5.35. The first-order valence-electron chi connectivity index (χ1n) is 7.27. The van der Waals surface area contributed by atoms with Crippen LogP contribution in [0.15, 0.2) is 53.1 Å². The average molecular weight is 325 g/mol. The molecule has 0 aliphatic carbocycles. The van der Waals surface area contributed by atoms with E-state index < -0.39 is 0 Å². The van der Waals surface area contributed by atoms with E-state index >= 15 is 0 Å². The van der Waals surface area contributed by atoms with Gasteiger partial charge in [0.1, 0.15) is 0 Å². The molecule has 4 aromatic rings. The standard InChI is InChI=1S/C16H15N5OS/c1-20(10-12-6-3-2-4-7-12)11-14-17-18-16-21(14)19-15(23-16)13-8-5-9-22-13/h2-9H,10-11H2,1H3. The maximum absolute atomic E-state index is 5.39. The van der Waals surface area contributed by atoms with Crippen LogP contribution in [-0.4, -0.2) is 31.8 Å². The zero-order valence-corrected chi connectivity index (χ0v) is 13.4. The van der Waals surface area contributed by atoms with Crippen molar-refractivity contribution in [1.82, 2.24) is 24.7 Å². The number of aromatic nitrogens is 4. The molecule has 0 N–H and O–H groups in total. The second-order valence-corrected chi connectivity index (χ2v) is 6.31. The maximum atomic E-state index is 5.39. The van der Waals surface area contributed by atoms with Crippen molar-refractivity contribution < 1.29 is 4.42 Å². The van der Waals surface area contributed by atoms with E-state index in [0.29, 0.717) is 6.54 Å². The maximum Gasteiger partial charge on any atom is 0.235 e. The molecule has 3 aromatic heterocycles. The Morgan fingerprint density at radius 2 is 1.96 bits per heavy atom. The van der Waals surface area contributed by atoms with Crippen LogP contribution < -0.4 is 0 Å². The fourth-order valence-corrected chi connectivity index (χ4v) is 3.27. The molecule has 7 heteroatoms. The number of nitrogens with zero attached hydrogens (tertiary/aromatic N) is 5. The summed E-state index contributed by atoms with van der Waals surface area (Å²) in [6.45, 7) is 1.53. The van der Waals surface area contributed by atoms with Gasteiger partial charge in [0.25, 0.3) is 0 Å². The summed E-state index contributed by atoms with van der Waals surface area (Å²) in [6, 6.07) is 14.1. The number of furan rings is 1. The highest BCUT2D eigenvalue weighted by molar-refractivity contribution is 7.19. The van der Waals surface area contributed by atoms with Crippen molar-refractivity contribution in [3.05, 3.63) is 60.1 Å². The first-order chi connectivity index (χ1) is 11.3. The van der Waals surface area contributed by atoms with Gasteiger partial charge in [-0.1, -0.05) is 41.7 Å². The van der Waals surface area contributed by atoms with Crippen LogP contribution in [0.5, 0.6) is 0 Å². The molecule has 6 nitrogen and oxygen atoms in total. The fourth-order valence-electron chi connectivity index (χ4n) is 2.45. The van der Waals surface area contributed by atoms with E-state index in [9.17, 15) is 0 Å². The van der Waals surface area contributed by atoms with Gasteiger partial charge in [0.15, 0.2) is 16.6 Å². The highest BCUT2D eigenvalue weighted by atomic mass is 32.1. The van der Waals surface area contributed by atoms with Crippen LogP contribution in [0.1, 0.15) is 11.4 Å². The number of rotatable bonds is 5. The Hall–Kier alpha value is -2.51. The molecule has 0 unspecified atom stereocenters. The lowest BCUT2D eigenvalue weighted by atomic mass is 10.2. The monoisotopic (exact) mass is 325 g/mol. The van der Waals surface area contributed by atoms with Gasteiger partial charge in [-0.25, -0.2) is 0 Å². The predicted molar refractivity (Wildman–Crippen MR) is 88.0 cm³/mol. The van der Waals surface area contributed by atoms with Crippen molar-refractivity contribution in [2.45, 2.75) is 13.1 Å². The molecule has 0 amide bonds. The molecule has 1 aromatic carbocycles. The predicted octanol–water partition coefficient (Wildman–Crippen LogP) is 3.08. The fraction of sp³-hybridized carbons (Fsp3) is 0.188. The van der Waals surface area contributed by atoms with Crippen LogP contribution in [0.2, 0.25) is 0 Å². The molecule has 4 rings (SSSR count). The summed E-state index contributed by atoms with van der Waals surface area (Å²) in [5, 5.41) is 13.8. The Morgan fingerprint density at radius 3 is 2.74 bits per heavy atom. The summed E-state index contributed by atoms with van der Waals surface area (Å²) in [7, 11) is 2.06. The van der Waals surface area contributed by atoms with Crippen molar-refractivity contribution >= 4 is 16.3 Å². The Balaban J connectivity index is 1.54. The SMILES string of the molecule is CN(Cc1ccccc1)Cc1nnc2sc(-c3ccco3)nn12. The van der Waals surface area contributed by atoms with Crippen molar-refractivity contribution in [3.63, 3.8) is 0 Å². The van der Waals surface area contributed by atoms with Gasteiger partial charge in [-0.05, 0) is 24.7 Å². The average Bonchev–Trinajstić information content (AvgIpc) is 3.25. The topological polar surface area (TPSA) is 59.5 Å². The lowest BCUT2D eigenvalue weighted by molar-refractivity contribution is 0.308. The highest BCUT2D eigenvalue weighted by Crippen LogP contribution is 2.25.